The zero-order chi connectivity index (χ0) is 26.9. The molecule has 39 heavy (non-hydrogen) atoms. The van der Waals surface area contributed by atoms with Gasteiger partial charge in [-0.3, -0.25) is 9.69 Å². The maximum absolute atomic E-state index is 14.1. The number of fused-ring (bicyclic) bond motifs is 7. The van der Waals surface area contributed by atoms with E-state index in [0.29, 0.717) is 39.8 Å². The maximum Gasteiger partial charge on any atom is 0.509 e. The molecule has 0 aliphatic carbocycles. The van der Waals surface area contributed by atoms with Gasteiger partial charge in [-0.1, -0.05) is 24.3 Å². The van der Waals surface area contributed by atoms with E-state index in [1.54, 1.807) is 0 Å². The van der Waals surface area contributed by atoms with Crippen molar-refractivity contribution in [1.82, 2.24) is 9.47 Å². The average Bonchev–Trinajstić information content (AvgIpc) is 3.34. The number of hydrogen-bond donors (Lipinski definition) is 1. The molecular formula is C30H31N3O6. The number of ether oxygens (including phenoxy) is 4. The molecule has 0 amide bonds. The number of morpholine rings is 1. The fourth-order valence-corrected chi connectivity index (χ4v) is 6.24. The molecule has 9 nitrogen and oxygen atoms in total. The number of rotatable bonds is 4. The van der Waals surface area contributed by atoms with E-state index >= 15 is 0 Å². The third-order valence-electron chi connectivity index (χ3n) is 8.24. The Morgan fingerprint density at radius 3 is 2.51 bits per heavy atom. The van der Waals surface area contributed by atoms with Crippen molar-refractivity contribution in [3.05, 3.63) is 58.3 Å². The Hall–Kier alpha value is -3.82. The topological polar surface area (TPSA) is 91.3 Å². The van der Waals surface area contributed by atoms with E-state index < -0.39 is 24.0 Å². The number of pyridine rings is 1. The molecule has 7 rings (SSSR count). The minimum Gasteiger partial charge on any atom is -0.481 e. The molecule has 3 aromatic carbocycles. The van der Waals surface area contributed by atoms with Gasteiger partial charge in [0, 0.05) is 44.0 Å². The molecule has 0 bridgehead atoms. The molecule has 4 aromatic rings. The van der Waals surface area contributed by atoms with Crippen LogP contribution in [0.5, 0.6) is 5.75 Å². The van der Waals surface area contributed by atoms with Gasteiger partial charge in [0.05, 0.1) is 35.5 Å². The third kappa shape index (κ3) is 3.83. The van der Waals surface area contributed by atoms with Gasteiger partial charge in [-0.25, -0.2) is 4.79 Å². The number of benzene rings is 3. The Balaban J connectivity index is 1.45. The molecule has 1 N–H and O–H groups in total. The highest BCUT2D eigenvalue weighted by Gasteiger charge is 2.54. The zero-order valence-corrected chi connectivity index (χ0v) is 22.3. The molecule has 9 heteroatoms. The van der Waals surface area contributed by atoms with Crippen LogP contribution in [0.3, 0.4) is 0 Å². The molecule has 1 unspecified atom stereocenters. The number of carbonyl (C=O) groups is 1. The van der Waals surface area contributed by atoms with E-state index in [1.807, 2.05) is 67.9 Å². The molecule has 2 saturated heterocycles. The van der Waals surface area contributed by atoms with Crippen molar-refractivity contribution < 1.29 is 23.7 Å². The predicted molar refractivity (Wildman–Crippen MR) is 149 cm³/mol. The van der Waals surface area contributed by atoms with Crippen LogP contribution in [0.1, 0.15) is 25.5 Å². The lowest BCUT2D eigenvalue weighted by atomic mass is 9.86. The summed E-state index contributed by atoms with van der Waals surface area (Å²) in [5.74, 6) is 0.587. The molecule has 3 aliphatic heterocycles. The minimum absolute atomic E-state index is 0.0745. The van der Waals surface area contributed by atoms with Gasteiger partial charge >= 0.3 is 6.16 Å². The number of hydrogen-bond acceptors (Lipinski definition) is 8. The number of anilines is 1. The SMILES string of the molecule is Cn1c2cc3ccccc3cc2c(=O)c2cc(NCCN3CCOCC3)c3c(c21)C1OC(=O)O[C@@H]1C(C)(C)O3. The van der Waals surface area contributed by atoms with Crippen molar-refractivity contribution in [3.63, 3.8) is 0 Å². The van der Waals surface area contributed by atoms with Crippen LogP contribution in [0.2, 0.25) is 0 Å². The largest absolute Gasteiger partial charge is 0.509 e. The van der Waals surface area contributed by atoms with Gasteiger partial charge in [-0.05, 0) is 42.8 Å². The van der Waals surface area contributed by atoms with Crippen molar-refractivity contribution >= 4 is 44.4 Å². The van der Waals surface area contributed by atoms with Crippen molar-refractivity contribution in [2.45, 2.75) is 31.7 Å². The summed E-state index contributed by atoms with van der Waals surface area (Å²) in [6.07, 6.45) is -2.08. The monoisotopic (exact) mass is 529 g/mol. The Morgan fingerprint density at radius 1 is 1.00 bits per heavy atom. The quantitative estimate of drug-likeness (QED) is 0.309. The number of carbonyl (C=O) groups excluding carboxylic acids is 1. The number of aromatic nitrogens is 1. The van der Waals surface area contributed by atoms with Gasteiger partial charge in [0.15, 0.2) is 23.4 Å². The minimum atomic E-state index is -0.829. The molecule has 0 radical (unpaired) electrons. The average molecular weight is 530 g/mol. The van der Waals surface area contributed by atoms with E-state index in [1.165, 1.54) is 0 Å². The van der Waals surface area contributed by atoms with Crippen molar-refractivity contribution in [2.75, 3.05) is 44.7 Å². The smallest absolute Gasteiger partial charge is 0.481 e. The fourth-order valence-electron chi connectivity index (χ4n) is 6.24. The first-order valence-corrected chi connectivity index (χ1v) is 13.4. The van der Waals surface area contributed by atoms with Crippen LogP contribution in [-0.2, 0) is 21.3 Å². The summed E-state index contributed by atoms with van der Waals surface area (Å²) in [5, 5.41) is 6.75. The van der Waals surface area contributed by atoms with E-state index in [9.17, 15) is 9.59 Å². The summed E-state index contributed by atoms with van der Waals surface area (Å²) in [7, 11) is 1.94. The zero-order valence-electron chi connectivity index (χ0n) is 22.3. The summed E-state index contributed by atoms with van der Waals surface area (Å²) < 4.78 is 25.4. The second kappa shape index (κ2) is 8.86. The van der Waals surface area contributed by atoms with Gasteiger partial charge in [0.1, 0.15) is 5.60 Å². The van der Waals surface area contributed by atoms with Gasteiger partial charge in [-0.2, -0.15) is 0 Å². The number of nitrogens with zero attached hydrogens (tertiary/aromatic N) is 2. The summed E-state index contributed by atoms with van der Waals surface area (Å²) in [6.45, 7) is 8.50. The third-order valence-corrected chi connectivity index (χ3v) is 8.24. The molecule has 0 saturated carbocycles. The van der Waals surface area contributed by atoms with E-state index in [4.69, 9.17) is 18.9 Å². The van der Waals surface area contributed by atoms with Crippen LogP contribution in [0.25, 0.3) is 32.6 Å². The summed E-state index contributed by atoms with van der Waals surface area (Å²) in [4.78, 5) is 28.8. The second-order valence-electron chi connectivity index (χ2n) is 11.1. The summed E-state index contributed by atoms with van der Waals surface area (Å²) in [5.41, 5.74) is 1.94. The Labute approximate surface area is 225 Å². The van der Waals surface area contributed by atoms with Gasteiger partial charge in [0.25, 0.3) is 0 Å². The van der Waals surface area contributed by atoms with Gasteiger partial charge < -0.3 is 28.8 Å². The first kappa shape index (κ1) is 24.2. The highest BCUT2D eigenvalue weighted by molar-refractivity contribution is 6.04. The van der Waals surface area contributed by atoms with E-state index in [-0.39, 0.29) is 5.43 Å². The Morgan fingerprint density at radius 2 is 1.74 bits per heavy atom. The molecule has 4 heterocycles. The van der Waals surface area contributed by atoms with Crippen LogP contribution in [0, 0.1) is 0 Å². The predicted octanol–water partition coefficient (Wildman–Crippen LogP) is 4.34. The highest BCUT2D eigenvalue weighted by atomic mass is 16.8. The van der Waals surface area contributed by atoms with Gasteiger partial charge in [-0.15, -0.1) is 0 Å². The molecule has 3 aliphatic rings. The normalized spacial score (nSPS) is 22.3. The summed E-state index contributed by atoms with van der Waals surface area (Å²) in [6, 6.07) is 13.9. The first-order valence-electron chi connectivity index (χ1n) is 13.4. The van der Waals surface area contributed by atoms with Crippen LogP contribution >= 0.6 is 0 Å². The molecule has 202 valence electrons. The standard InChI is InChI=1S/C30H31N3O6/c1-30(2)28-27(37-29(35)38-28)23-24-20(16-21(26(23)39-30)31-8-9-33-10-12-36-13-11-33)25(34)19-14-17-6-4-5-7-18(17)15-22(19)32(24)3/h4-7,14-16,27-28,31H,8-13H2,1-3H3/t27?,28-/m0/s1. The maximum atomic E-state index is 14.1. The van der Waals surface area contributed by atoms with Crippen molar-refractivity contribution in [3.8, 4) is 5.75 Å². The Bertz CT molecular complexity index is 1700. The van der Waals surface area contributed by atoms with Crippen molar-refractivity contribution in [2.24, 2.45) is 7.05 Å². The molecular weight excluding hydrogens is 498 g/mol. The first-order chi connectivity index (χ1) is 18.8. The molecule has 1 aromatic heterocycles. The Kier molecular flexibility index (Phi) is 5.50. The van der Waals surface area contributed by atoms with Crippen molar-refractivity contribution in [1.29, 1.82) is 0 Å². The molecule has 2 fully saturated rings. The summed E-state index contributed by atoms with van der Waals surface area (Å²) >= 11 is 0. The van der Waals surface area contributed by atoms with Crippen LogP contribution in [-0.4, -0.2) is 66.7 Å². The van der Waals surface area contributed by atoms with Gasteiger partial charge in [0.2, 0.25) is 0 Å². The highest BCUT2D eigenvalue weighted by Crippen LogP contribution is 2.52. The van der Waals surface area contributed by atoms with Crippen LogP contribution < -0.4 is 15.5 Å². The van der Waals surface area contributed by atoms with Crippen LogP contribution in [0.4, 0.5) is 10.5 Å². The lowest BCUT2D eigenvalue weighted by Crippen LogP contribution is -2.48. The van der Waals surface area contributed by atoms with E-state index in [2.05, 4.69) is 10.2 Å². The lowest BCUT2D eigenvalue weighted by molar-refractivity contribution is -0.0493. The van der Waals surface area contributed by atoms with Crippen LogP contribution in [0.15, 0.2) is 47.3 Å². The molecule has 2 atom stereocenters. The van der Waals surface area contributed by atoms with E-state index in [0.717, 1.165) is 49.1 Å². The number of aryl methyl sites for hydroxylation is 1. The lowest BCUT2D eigenvalue weighted by Gasteiger charge is -2.40. The molecule has 0 spiro atoms. The number of nitrogens with one attached hydrogen (secondary N) is 1. The second-order valence-corrected chi connectivity index (χ2v) is 11.1. The fraction of sp³-hybridized carbons (Fsp3) is 0.400.